The number of nitrogens with one attached hydrogen (secondary N) is 1. The van der Waals surface area contributed by atoms with Crippen LogP contribution in [0.3, 0.4) is 0 Å². The monoisotopic (exact) mass is 489 g/mol. The number of benzene rings is 1. The number of amides is 4. The number of anilines is 2. The van der Waals surface area contributed by atoms with Crippen LogP contribution in [0.25, 0.3) is 0 Å². The van der Waals surface area contributed by atoms with E-state index in [1.54, 1.807) is 0 Å². The predicted molar refractivity (Wildman–Crippen MR) is 114 cm³/mol. The Morgan fingerprint density at radius 2 is 1.82 bits per heavy atom. The van der Waals surface area contributed by atoms with Gasteiger partial charge >= 0.3 is 12.5 Å². The van der Waals surface area contributed by atoms with Gasteiger partial charge < -0.3 is 20.9 Å². The number of urea groups is 1. The van der Waals surface area contributed by atoms with Crippen LogP contribution in [-0.2, 0) is 14.4 Å². The zero-order chi connectivity index (χ0) is 25.0. The average molecular weight is 489 g/mol. The van der Waals surface area contributed by atoms with E-state index >= 15 is 8.78 Å². The lowest BCUT2D eigenvalue weighted by Crippen LogP contribution is -2.41. The number of alkyl halides is 2. The van der Waals surface area contributed by atoms with Crippen LogP contribution < -0.4 is 20.9 Å². The third-order valence-electron chi connectivity index (χ3n) is 5.88. The van der Waals surface area contributed by atoms with Gasteiger partial charge in [0.15, 0.2) is 11.6 Å². The number of carbonyl (C=O) groups excluding carboxylic acids is 3. The number of hydroxylamine groups is 2. The minimum Gasteiger partial charge on any atom is -0.362 e. The van der Waals surface area contributed by atoms with Crippen LogP contribution in [0.1, 0.15) is 19.8 Å². The first-order valence-electron chi connectivity index (χ1n) is 10.9. The zero-order valence-corrected chi connectivity index (χ0v) is 18.6. The van der Waals surface area contributed by atoms with E-state index in [1.807, 2.05) is 0 Å². The first-order valence-corrected chi connectivity index (χ1v) is 10.9. The molecule has 9 nitrogen and oxygen atoms in total. The van der Waals surface area contributed by atoms with Gasteiger partial charge in [0.2, 0.25) is 5.91 Å². The van der Waals surface area contributed by atoms with Crippen LogP contribution in [0, 0.1) is 23.5 Å². The fourth-order valence-corrected chi connectivity index (χ4v) is 3.96. The Morgan fingerprint density at radius 3 is 2.35 bits per heavy atom. The molecular weight excluding hydrogens is 462 g/mol. The molecular formula is C21H27F4N5O4. The van der Waals surface area contributed by atoms with E-state index in [9.17, 15) is 23.2 Å². The molecule has 2 aliphatic rings. The predicted octanol–water partition coefficient (Wildman–Crippen LogP) is 1.86. The molecule has 188 valence electrons. The first kappa shape index (κ1) is 25.5. The quantitative estimate of drug-likeness (QED) is 0.542. The number of hydrogen-bond donors (Lipinski definition) is 2. The maximum atomic E-state index is 15.1. The van der Waals surface area contributed by atoms with Gasteiger partial charge in [0.1, 0.15) is 5.69 Å². The molecule has 13 heteroatoms. The summed E-state index contributed by atoms with van der Waals surface area (Å²) in [6.07, 6.45) is -1.54. The van der Waals surface area contributed by atoms with Crippen molar-refractivity contribution in [1.82, 2.24) is 10.4 Å². The minimum atomic E-state index is -3.15. The van der Waals surface area contributed by atoms with Crippen LogP contribution in [0.15, 0.2) is 12.1 Å². The van der Waals surface area contributed by atoms with Crippen LogP contribution in [-0.4, -0.2) is 68.7 Å². The van der Waals surface area contributed by atoms with E-state index in [0.717, 1.165) is 30.0 Å². The van der Waals surface area contributed by atoms with E-state index in [-0.39, 0.29) is 62.5 Å². The number of nitrogens with two attached hydrogens (primary N) is 1. The Labute approximate surface area is 193 Å². The number of halogens is 4. The molecule has 0 bridgehead atoms. The van der Waals surface area contributed by atoms with E-state index in [1.165, 1.54) is 16.7 Å². The molecule has 1 aliphatic carbocycles. The molecule has 1 saturated carbocycles. The summed E-state index contributed by atoms with van der Waals surface area (Å²) in [7, 11) is 0. The van der Waals surface area contributed by atoms with Gasteiger partial charge in [-0.25, -0.2) is 18.6 Å². The standard InChI is InChI=1S/C21H27F4N5O4/c1-12(31)29(11-14(13-2-3-13)10-27-20(32)19(24)25)15-8-16(22)18(17(23)9-15)28-4-5-30(21(26)33)34-7-6-28/h8-9,13-14,19H,2-7,10-11H2,1H3,(H2,26,33)(H,27,32)/t14-/m0/s1. The number of nitrogens with zero attached hydrogens (tertiary/aromatic N) is 3. The Bertz CT molecular complexity index is 907. The van der Waals surface area contributed by atoms with Crippen molar-refractivity contribution >= 4 is 29.2 Å². The van der Waals surface area contributed by atoms with Gasteiger partial charge in [0.05, 0.1) is 13.2 Å². The van der Waals surface area contributed by atoms with Crippen molar-refractivity contribution in [2.75, 3.05) is 49.1 Å². The SMILES string of the molecule is CC(=O)N(C[C@H](CNC(=O)C(F)F)C1CC1)c1cc(F)c(N2CCON(C(N)=O)CC2)c(F)c1. The number of hydrogen-bond acceptors (Lipinski definition) is 5. The van der Waals surface area contributed by atoms with Gasteiger partial charge in [-0.2, -0.15) is 8.78 Å². The van der Waals surface area contributed by atoms with Gasteiger partial charge in [0.25, 0.3) is 5.91 Å². The molecule has 0 spiro atoms. The normalized spacial score (nSPS) is 17.4. The fourth-order valence-electron chi connectivity index (χ4n) is 3.96. The molecule has 3 rings (SSSR count). The number of carbonyl (C=O) groups is 3. The highest BCUT2D eigenvalue weighted by Gasteiger charge is 2.34. The minimum absolute atomic E-state index is 0.00292. The second-order valence-corrected chi connectivity index (χ2v) is 8.29. The van der Waals surface area contributed by atoms with E-state index < -0.39 is 35.9 Å². The van der Waals surface area contributed by atoms with Crippen LogP contribution in [0.5, 0.6) is 0 Å². The number of primary amides is 1. The summed E-state index contributed by atoms with van der Waals surface area (Å²) in [5.41, 5.74) is 4.82. The molecule has 0 aromatic heterocycles. The van der Waals surface area contributed by atoms with Gasteiger partial charge in [-0.05, 0) is 36.8 Å². The lowest BCUT2D eigenvalue weighted by molar-refractivity contribution is -0.131. The van der Waals surface area contributed by atoms with E-state index in [4.69, 9.17) is 10.6 Å². The third kappa shape index (κ3) is 6.27. The van der Waals surface area contributed by atoms with Gasteiger partial charge in [-0.1, -0.05) is 0 Å². The van der Waals surface area contributed by atoms with Gasteiger partial charge in [-0.3, -0.25) is 14.4 Å². The smallest absolute Gasteiger partial charge is 0.338 e. The van der Waals surface area contributed by atoms with Crippen molar-refractivity contribution in [1.29, 1.82) is 0 Å². The molecule has 1 aliphatic heterocycles. The molecule has 1 saturated heterocycles. The molecule has 1 atom stereocenters. The Morgan fingerprint density at radius 1 is 1.18 bits per heavy atom. The van der Waals surface area contributed by atoms with Crippen LogP contribution in [0.2, 0.25) is 0 Å². The third-order valence-corrected chi connectivity index (χ3v) is 5.88. The molecule has 1 aromatic carbocycles. The molecule has 1 heterocycles. The summed E-state index contributed by atoms with van der Waals surface area (Å²) in [6.45, 7) is 1.31. The lowest BCUT2D eigenvalue weighted by atomic mass is 10.0. The van der Waals surface area contributed by atoms with Crippen LogP contribution >= 0.6 is 0 Å². The summed E-state index contributed by atoms with van der Waals surface area (Å²) in [5.74, 6) is -3.96. The van der Waals surface area contributed by atoms with Crippen molar-refractivity contribution in [3.63, 3.8) is 0 Å². The van der Waals surface area contributed by atoms with Crippen molar-refractivity contribution in [2.24, 2.45) is 17.6 Å². The lowest BCUT2D eigenvalue weighted by Gasteiger charge is -2.29. The van der Waals surface area contributed by atoms with Crippen molar-refractivity contribution < 1.29 is 36.8 Å². The van der Waals surface area contributed by atoms with E-state index in [0.29, 0.717) is 0 Å². The first-order chi connectivity index (χ1) is 16.1. The maximum absolute atomic E-state index is 15.1. The Kier molecular flexibility index (Phi) is 8.18. The highest BCUT2D eigenvalue weighted by atomic mass is 19.3. The summed E-state index contributed by atoms with van der Waals surface area (Å²) in [5, 5.41) is 3.07. The summed E-state index contributed by atoms with van der Waals surface area (Å²) >= 11 is 0. The van der Waals surface area contributed by atoms with Crippen molar-refractivity contribution in [2.45, 2.75) is 26.2 Å². The summed E-state index contributed by atoms with van der Waals surface area (Å²) in [4.78, 5) is 42.6. The van der Waals surface area contributed by atoms with Gasteiger partial charge in [-0.15, -0.1) is 0 Å². The highest BCUT2D eigenvalue weighted by Crippen LogP contribution is 2.38. The maximum Gasteiger partial charge on any atom is 0.338 e. The Balaban J connectivity index is 1.78. The Hall–Kier alpha value is -3.09. The van der Waals surface area contributed by atoms with E-state index in [2.05, 4.69) is 5.32 Å². The van der Waals surface area contributed by atoms with Gasteiger partial charge in [0, 0.05) is 38.8 Å². The summed E-state index contributed by atoms with van der Waals surface area (Å²) in [6, 6.07) is 1.24. The van der Waals surface area contributed by atoms with Crippen LogP contribution in [0.4, 0.5) is 33.7 Å². The average Bonchev–Trinajstić information content (AvgIpc) is 3.60. The topological polar surface area (TPSA) is 108 Å². The summed E-state index contributed by atoms with van der Waals surface area (Å²) < 4.78 is 55.1. The molecule has 34 heavy (non-hydrogen) atoms. The fraction of sp³-hybridized carbons (Fsp3) is 0.571. The second kappa shape index (κ2) is 10.9. The van der Waals surface area contributed by atoms with Crippen molar-refractivity contribution in [3.05, 3.63) is 23.8 Å². The zero-order valence-electron chi connectivity index (χ0n) is 18.6. The second-order valence-electron chi connectivity index (χ2n) is 8.29. The molecule has 3 N–H and O–H groups in total. The van der Waals surface area contributed by atoms with Crippen molar-refractivity contribution in [3.8, 4) is 0 Å². The molecule has 2 fully saturated rings. The molecule has 1 aromatic rings. The molecule has 0 radical (unpaired) electrons. The number of rotatable bonds is 8. The molecule has 0 unspecified atom stereocenters. The highest BCUT2D eigenvalue weighted by molar-refractivity contribution is 5.91. The largest absolute Gasteiger partial charge is 0.362 e. The molecule has 4 amide bonds.